The second-order valence-corrected chi connectivity index (χ2v) is 4.39. The second kappa shape index (κ2) is 4.51. The standard InChI is InChI=1S/C9H12Cl2N4/c1-6-5-15(3-2-12-6)7-4-8(10)13-14-9(7)11/h4,6,12H,2-3,5H2,1H3/t6-/m0/s1. The molecule has 0 aliphatic carbocycles. The lowest BCUT2D eigenvalue weighted by molar-refractivity contribution is 0.484. The lowest BCUT2D eigenvalue weighted by Crippen LogP contribution is -2.49. The van der Waals surface area contributed by atoms with E-state index in [0.29, 0.717) is 16.3 Å². The van der Waals surface area contributed by atoms with Crippen LogP contribution in [0.5, 0.6) is 0 Å². The summed E-state index contributed by atoms with van der Waals surface area (Å²) >= 11 is 11.8. The van der Waals surface area contributed by atoms with E-state index in [1.165, 1.54) is 0 Å². The van der Waals surface area contributed by atoms with Gasteiger partial charge in [-0.3, -0.25) is 0 Å². The van der Waals surface area contributed by atoms with Crippen molar-refractivity contribution in [3.8, 4) is 0 Å². The minimum Gasteiger partial charge on any atom is -0.366 e. The molecule has 0 radical (unpaired) electrons. The molecule has 0 amide bonds. The highest BCUT2D eigenvalue weighted by Crippen LogP contribution is 2.25. The van der Waals surface area contributed by atoms with Gasteiger partial charge < -0.3 is 10.2 Å². The Morgan fingerprint density at radius 3 is 3.00 bits per heavy atom. The van der Waals surface area contributed by atoms with Gasteiger partial charge in [0, 0.05) is 31.7 Å². The predicted octanol–water partition coefficient (Wildman–Crippen LogP) is 1.58. The van der Waals surface area contributed by atoms with E-state index in [9.17, 15) is 0 Å². The van der Waals surface area contributed by atoms with Crippen LogP contribution in [0, 0.1) is 0 Å². The quantitative estimate of drug-likeness (QED) is 0.818. The molecule has 1 aliphatic heterocycles. The van der Waals surface area contributed by atoms with Crippen molar-refractivity contribution in [2.24, 2.45) is 0 Å². The molecule has 6 heteroatoms. The fourth-order valence-corrected chi connectivity index (χ4v) is 2.07. The summed E-state index contributed by atoms with van der Waals surface area (Å²) in [6, 6.07) is 2.20. The summed E-state index contributed by atoms with van der Waals surface area (Å²) in [5, 5.41) is 11.6. The zero-order valence-corrected chi connectivity index (χ0v) is 9.89. The first kappa shape index (κ1) is 10.9. The van der Waals surface area contributed by atoms with E-state index in [-0.39, 0.29) is 0 Å². The van der Waals surface area contributed by atoms with Crippen LogP contribution in [0.2, 0.25) is 10.3 Å². The number of rotatable bonds is 1. The van der Waals surface area contributed by atoms with Gasteiger partial charge in [-0.25, -0.2) is 0 Å². The van der Waals surface area contributed by atoms with Crippen molar-refractivity contribution in [3.63, 3.8) is 0 Å². The Morgan fingerprint density at radius 1 is 1.47 bits per heavy atom. The highest BCUT2D eigenvalue weighted by atomic mass is 35.5. The van der Waals surface area contributed by atoms with Gasteiger partial charge in [0.25, 0.3) is 0 Å². The van der Waals surface area contributed by atoms with E-state index < -0.39 is 0 Å². The van der Waals surface area contributed by atoms with Crippen LogP contribution in [0.4, 0.5) is 5.69 Å². The Bertz CT molecular complexity index is 358. The topological polar surface area (TPSA) is 41.1 Å². The zero-order valence-electron chi connectivity index (χ0n) is 8.37. The third-order valence-corrected chi connectivity index (χ3v) is 2.86. The molecule has 1 atom stereocenters. The van der Waals surface area contributed by atoms with E-state index in [1.807, 2.05) is 0 Å². The summed E-state index contributed by atoms with van der Waals surface area (Å²) in [4.78, 5) is 2.17. The number of anilines is 1. The Kier molecular flexibility index (Phi) is 3.29. The third-order valence-electron chi connectivity index (χ3n) is 2.41. The maximum Gasteiger partial charge on any atom is 0.175 e. The smallest absolute Gasteiger partial charge is 0.175 e. The molecule has 4 nitrogen and oxygen atoms in total. The SMILES string of the molecule is C[C@H]1CN(c2cc(Cl)nnc2Cl)CCN1. The van der Waals surface area contributed by atoms with Crippen molar-refractivity contribution in [2.45, 2.75) is 13.0 Å². The van der Waals surface area contributed by atoms with E-state index in [0.717, 1.165) is 25.3 Å². The Morgan fingerprint density at radius 2 is 2.27 bits per heavy atom. The van der Waals surface area contributed by atoms with Crippen molar-refractivity contribution < 1.29 is 0 Å². The summed E-state index contributed by atoms with van der Waals surface area (Å²) in [6.45, 7) is 4.89. The molecule has 0 saturated carbocycles. The Labute approximate surface area is 98.6 Å². The molecule has 0 bridgehead atoms. The van der Waals surface area contributed by atoms with Gasteiger partial charge in [-0.15, -0.1) is 10.2 Å². The van der Waals surface area contributed by atoms with Crippen molar-refractivity contribution in [1.82, 2.24) is 15.5 Å². The monoisotopic (exact) mass is 246 g/mol. The fourth-order valence-electron chi connectivity index (χ4n) is 1.72. The molecule has 2 heterocycles. The van der Waals surface area contributed by atoms with Crippen LogP contribution in [-0.2, 0) is 0 Å². The zero-order chi connectivity index (χ0) is 10.8. The molecule has 1 aliphatic rings. The predicted molar refractivity (Wildman–Crippen MR) is 61.7 cm³/mol. The number of aromatic nitrogens is 2. The van der Waals surface area contributed by atoms with Crippen LogP contribution >= 0.6 is 23.2 Å². The number of hydrogen-bond donors (Lipinski definition) is 1. The highest BCUT2D eigenvalue weighted by molar-refractivity contribution is 6.33. The van der Waals surface area contributed by atoms with Crippen LogP contribution in [-0.4, -0.2) is 35.9 Å². The van der Waals surface area contributed by atoms with E-state index in [1.54, 1.807) is 6.07 Å². The number of piperazine rings is 1. The van der Waals surface area contributed by atoms with Crippen molar-refractivity contribution >= 4 is 28.9 Å². The van der Waals surface area contributed by atoms with Crippen molar-refractivity contribution in [1.29, 1.82) is 0 Å². The van der Waals surface area contributed by atoms with Gasteiger partial charge in [0.2, 0.25) is 0 Å². The van der Waals surface area contributed by atoms with Crippen molar-refractivity contribution in [3.05, 3.63) is 16.4 Å². The van der Waals surface area contributed by atoms with Crippen LogP contribution in [0.1, 0.15) is 6.92 Å². The molecule has 1 N–H and O–H groups in total. The summed E-state index contributed by atoms with van der Waals surface area (Å²) in [7, 11) is 0. The number of nitrogens with zero attached hydrogens (tertiary/aromatic N) is 3. The fraction of sp³-hybridized carbons (Fsp3) is 0.556. The summed E-state index contributed by atoms with van der Waals surface area (Å²) in [5.41, 5.74) is 0.866. The Balaban J connectivity index is 2.24. The number of hydrogen-bond acceptors (Lipinski definition) is 4. The lowest BCUT2D eigenvalue weighted by atomic mass is 10.2. The minimum atomic E-state index is 0.376. The van der Waals surface area contributed by atoms with Crippen molar-refractivity contribution in [2.75, 3.05) is 24.5 Å². The Hall–Kier alpha value is -0.580. The number of nitrogens with one attached hydrogen (secondary N) is 1. The number of halogens is 2. The molecule has 2 rings (SSSR count). The molecular weight excluding hydrogens is 235 g/mol. The average molecular weight is 247 g/mol. The first-order valence-corrected chi connectivity index (χ1v) is 5.59. The second-order valence-electron chi connectivity index (χ2n) is 3.64. The molecule has 0 aromatic carbocycles. The maximum atomic E-state index is 5.98. The maximum absolute atomic E-state index is 5.98. The third kappa shape index (κ3) is 2.51. The first-order chi connectivity index (χ1) is 7.16. The van der Waals surface area contributed by atoms with E-state index in [4.69, 9.17) is 23.2 Å². The van der Waals surface area contributed by atoms with Gasteiger partial charge in [-0.1, -0.05) is 23.2 Å². The van der Waals surface area contributed by atoms with E-state index >= 15 is 0 Å². The van der Waals surface area contributed by atoms with Gasteiger partial charge >= 0.3 is 0 Å². The molecule has 0 spiro atoms. The molecule has 1 saturated heterocycles. The van der Waals surface area contributed by atoms with Gasteiger partial charge in [0.1, 0.15) is 0 Å². The van der Waals surface area contributed by atoms with Crippen LogP contribution < -0.4 is 10.2 Å². The highest BCUT2D eigenvalue weighted by Gasteiger charge is 2.19. The average Bonchev–Trinajstić information content (AvgIpc) is 2.22. The van der Waals surface area contributed by atoms with Crippen LogP contribution in [0.15, 0.2) is 6.07 Å². The largest absolute Gasteiger partial charge is 0.366 e. The molecule has 1 aromatic rings. The van der Waals surface area contributed by atoms with Gasteiger partial charge in [-0.2, -0.15) is 0 Å². The molecule has 0 unspecified atom stereocenters. The van der Waals surface area contributed by atoms with Crippen LogP contribution in [0.3, 0.4) is 0 Å². The van der Waals surface area contributed by atoms with Gasteiger partial charge in [-0.05, 0) is 6.92 Å². The summed E-state index contributed by atoms with van der Waals surface area (Å²) in [5.74, 6) is 0. The normalized spacial score (nSPS) is 21.8. The first-order valence-electron chi connectivity index (χ1n) is 4.84. The minimum absolute atomic E-state index is 0.376. The summed E-state index contributed by atoms with van der Waals surface area (Å²) < 4.78 is 0. The summed E-state index contributed by atoms with van der Waals surface area (Å²) in [6.07, 6.45) is 0. The van der Waals surface area contributed by atoms with Gasteiger partial charge in [0.05, 0.1) is 5.69 Å². The molecule has 1 aromatic heterocycles. The molecule has 82 valence electrons. The molecular formula is C9H12Cl2N4. The van der Waals surface area contributed by atoms with Crippen LogP contribution in [0.25, 0.3) is 0 Å². The lowest BCUT2D eigenvalue weighted by Gasteiger charge is -2.33. The van der Waals surface area contributed by atoms with Gasteiger partial charge in [0.15, 0.2) is 10.3 Å². The molecule has 1 fully saturated rings. The van der Waals surface area contributed by atoms with E-state index in [2.05, 4.69) is 27.3 Å². The molecule has 15 heavy (non-hydrogen) atoms.